The number of pyridine rings is 1. The number of piperidine rings is 1. The average molecular weight is 514 g/mol. The molecule has 2 amide bonds. The van der Waals surface area contributed by atoms with Gasteiger partial charge in [0.25, 0.3) is 0 Å². The van der Waals surface area contributed by atoms with Gasteiger partial charge in [0.15, 0.2) is 5.65 Å². The van der Waals surface area contributed by atoms with E-state index in [9.17, 15) is 14.4 Å². The van der Waals surface area contributed by atoms with Gasteiger partial charge in [-0.3, -0.25) is 4.79 Å². The molecule has 10 heteroatoms. The van der Waals surface area contributed by atoms with Crippen molar-refractivity contribution in [1.82, 2.24) is 14.9 Å². The standard InChI is InChI=1S/C27H39N5O5/c1-16-13-28-22-20(21(16)31-12-8-9-18(14-31)29-24(34)36-26(2,3)4)19(30-23(33)17-10-11-17)15-32(22)25(35)37-27(5,6)7/h13,15,17-18H,8-12,14H2,1-7H3,(H,29,34)(H,30,33). The Bertz CT molecular complexity index is 1200. The van der Waals surface area contributed by atoms with Crippen LogP contribution < -0.4 is 15.5 Å². The second kappa shape index (κ2) is 9.87. The largest absolute Gasteiger partial charge is 0.444 e. The van der Waals surface area contributed by atoms with Crippen LogP contribution in [0.2, 0.25) is 0 Å². The molecule has 0 aromatic carbocycles. The number of aryl methyl sites for hydroxylation is 1. The lowest BCUT2D eigenvalue weighted by Crippen LogP contribution is -2.49. The monoisotopic (exact) mass is 513 g/mol. The fourth-order valence-corrected chi connectivity index (χ4v) is 4.58. The number of carbonyl (C=O) groups is 3. The van der Waals surface area contributed by atoms with Crippen molar-refractivity contribution in [2.45, 2.75) is 91.4 Å². The summed E-state index contributed by atoms with van der Waals surface area (Å²) < 4.78 is 12.4. The lowest BCUT2D eigenvalue weighted by Gasteiger charge is -2.36. The first-order chi connectivity index (χ1) is 17.2. The normalized spacial score (nSPS) is 18.5. The summed E-state index contributed by atoms with van der Waals surface area (Å²) in [5, 5.41) is 6.72. The van der Waals surface area contributed by atoms with Crippen LogP contribution in [0.5, 0.6) is 0 Å². The van der Waals surface area contributed by atoms with Crippen LogP contribution >= 0.6 is 0 Å². The third kappa shape index (κ3) is 6.53. The maximum Gasteiger partial charge on any atom is 0.420 e. The predicted molar refractivity (Wildman–Crippen MR) is 142 cm³/mol. The molecule has 37 heavy (non-hydrogen) atoms. The first-order valence-corrected chi connectivity index (χ1v) is 13.0. The van der Waals surface area contributed by atoms with Crippen molar-refractivity contribution in [3.63, 3.8) is 0 Å². The first kappa shape index (κ1) is 26.8. The fraction of sp³-hybridized carbons (Fsp3) is 0.630. The molecule has 2 fully saturated rings. The van der Waals surface area contributed by atoms with E-state index in [1.807, 2.05) is 27.7 Å². The minimum Gasteiger partial charge on any atom is -0.444 e. The summed E-state index contributed by atoms with van der Waals surface area (Å²) in [6, 6.07) is -0.108. The summed E-state index contributed by atoms with van der Waals surface area (Å²) in [4.78, 5) is 45.0. The number of hydrogen-bond acceptors (Lipinski definition) is 7. The van der Waals surface area contributed by atoms with Gasteiger partial charge in [0.1, 0.15) is 11.2 Å². The molecule has 1 aliphatic heterocycles. The zero-order chi connectivity index (χ0) is 27.1. The van der Waals surface area contributed by atoms with Crippen LogP contribution in [0.1, 0.15) is 72.8 Å². The van der Waals surface area contributed by atoms with Crippen LogP contribution in [-0.2, 0) is 14.3 Å². The van der Waals surface area contributed by atoms with Crippen LogP contribution in [0.4, 0.5) is 21.0 Å². The molecule has 1 saturated heterocycles. The van der Waals surface area contributed by atoms with Crippen molar-refractivity contribution in [3.8, 4) is 0 Å². The Balaban J connectivity index is 1.71. The molecule has 1 aliphatic carbocycles. The van der Waals surface area contributed by atoms with E-state index in [2.05, 4.69) is 20.5 Å². The number of anilines is 2. The van der Waals surface area contributed by atoms with Crippen LogP contribution in [0, 0.1) is 12.8 Å². The summed E-state index contributed by atoms with van der Waals surface area (Å²) >= 11 is 0. The molecular formula is C27H39N5O5. The third-order valence-electron chi connectivity index (χ3n) is 6.22. The Hall–Kier alpha value is -3.30. The highest BCUT2D eigenvalue weighted by atomic mass is 16.6. The molecule has 2 aromatic rings. The van der Waals surface area contributed by atoms with E-state index in [1.165, 1.54) is 4.57 Å². The SMILES string of the molecule is Cc1cnc2c(c(NC(=O)C3CC3)cn2C(=O)OC(C)(C)C)c1N1CCCC(NC(=O)OC(C)(C)C)C1. The molecule has 2 N–H and O–H groups in total. The molecular weight excluding hydrogens is 474 g/mol. The van der Waals surface area contributed by atoms with E-state index in [0.717, 1.165) is 43.5 Å². The van der Waals surface area contributed by atoms with Gasteiger partial charge in [-0.1, -0.05) is 0 Å². The number of nitrogens with zero attached hydrogens (tertiary/aromatic N) is 3. The van der Waals surface area contributed by atoms with E-state index in [1.54, 1.807) is 33.2 Å². The number of aromatic nitrogens is 2. The van der Waals surface area contributed by atoms with Crippen molar-refractivity contribution < 1.29 is 23.9 Å². The Morgan fingerprint density at radius 2 is 1.70 bits per heavy atom. The van der Waals surface area contributed by atoms with Gasteiger partial charge in [-0.15, -0.1) is 0 Å². The second-order valence-electron chi connectivity index (χ2n) is 12.1. The van der Waals surface area contributed by atoms with Crippen LogP contribution in [0.25, 0.3) is 11.0 Å². The predicted octanol–water partition coefficient (Wildman–Crippen LogP) is 4.97. The number of rotatable bonds is 4. The van der Waals surface area contributed by atoms with E-state index in [0.29, 0.717) is 23.3 Å². The highest BCUT2D eigenvalue weighted by Crippen LogP contribution is 2.39. The molecule has 4 rings (SSSR count). The van der Waals surface area contributed by atoms with Crippen molar-refractivity contribution in [1.29, 1.82) is 0 Å². The molecule has 1 saturated carbocycles. The summed E-state index contributed by atoms with van der Waals surface area (Å²) in [6.07, 6.45) is 5.76. The zero-order valence-electron chi connectivity index (χ0n) is 22.9. The minimum absolute atomic E-state index is 0.00135. The van der Waals surface area contributed by atoms with E-state index in [-0.39, 0.29) is 17.9 Å². The second-order valence-corrected chi connectivity index (χ2v) is 12.1. The average Bonchev–Trinajstić information content (AvgIpc) is 3.54. The molecule has 1 unspecified atom stereocenters. The van der Waals surface area contributed by atoms with Gasteiger partial charge in [-0.05, 0) is 79.7 Å². The molecule has 10 nitrogen and oxygen atoms in total. The van der Waals surface area contributed by atoms with Crippen molar-refractivity contribution in [2.24, 2.45) is 5.92 Å². The Kier molecular flexibility index (Phi) is 7.14. The number of alkyl carbamates (subject to hydrolysis) is 1. The molecule has 1 atom stereocenters. The van der Waals surface area contributed by atoms with E-state index >= 15 is 0 Å². The van der Waals surface area contributed by atoms with Gasteiger partial charge in [0.05, 0.1) is 16.8 Å². The summed E-state index contributed by atoms with van der Waals surface area (Å²) in [5.74, 6) is -0.0580. The van der Waals surface area contributed by atoms with Gasteiger partial charge < -0.3 is 25.0 Å². The molecule has 3 heterocycles. The van der Waals surface area contributed by atoms with Crippen LogP contribution in [0.15, 0.2) is 12.4 Å². The quantitative estimate of drug-likeness (QED) is 0.593. The maximum absolute atomic E-state index is 13.1. The number of nitrogens with one attached hydrogen (secondary N) is 2. The first-order valence-electron chi connectivity index (χ1n) is 13.0. The maximum atomic E-state index is 13.1. The van der Waals surface area contributed by atoms with Crippen molar-refractivity contribution in [2.75, 3.05) is 23.3 Å². The summed E-state index contributed by atoms with van der Waals surface area (Å²) in [6.45, 7) is 14.2. The third-order valence-corrected chi connectivity index (χ3v) is 6.22. The number of fused-ring (bicyclic) bond motifs is 1. The summed E-state index contributed by atoms with van der Waals surface area (Å²) in [7, 11) is 0. The van der Waals surface area contributed by atoms with Crippen molar-refractivity contribution >= 4 is 40.5 Å². The van der Waals surface area contributed by atoms with Gasteiger partial charge >= 0.3 is 12.2 Å². The Morgan fingerprint density at radius 1 is 1.03 bits per heavy atom. The topological polar surface area (TPSA) is 115 Å². The Morgan fingerprint density at radius 3 is 2.32 bits per heavy atom. The van der Waals surface area contributed by atoms with Crippen molar-refractivity contribution in [3.05, 3.63) is 18.0 Å². The molecule has 2 aliphatic rings. The van der Waals surface area contributed by atoms with Crippen LogP contribution in [0.3, 0.4) is 0 Å². The number of hydrogen-bond donors (Lipinski definition) is 2. The molecule has 0 radical (unpaired) electrons. The Labute approximate surface area is 218 Å². The molecule has 202 valence electrons. The number of amides is 2. The fourth-order valence-electron chi connectivity index (χ4n) is 4.58. The lowest BCUT2D eigenvalue weighted by atomic mass is 10.0. The summed E-state index contributed by atoms with van der Waals surface area (Å²) in [5.41, 5.74) is 1.48. The highest BCUT2D eigenvalue weighted by molar-refractivity contribution is 6.10. The van der Waals surface area contributed by atoms with Crippen LogP contribution in [-0.4, -0.2) is 58.0 Å². The minimum atomic E-state index is -0.688. The highest BCUT2D eigenvalue weighted by Gasteiger charge is 2.33. The number of carbonyl (C=O) groups excluding carboxylic acids is 3. The van der Waals surface area contributed by atoms with Gasteiger partial charge in [0.2, 0.25) is 5.91 Å². The molecule has 0 spiro atoms. The number of ether oxygens (including phenoxy) is 2. The van der Waals surface area contributed by atoms with Gasteiger partial charge in [0, 0.05) is 37.4 Å². The smallest absolute Gasteiger partial charge is 0.420 e. The lowest BCUT2D eigenvalue weighted by molar-refractivity contribution is -0.117. The van der Waals surface area contributed by atoms with E-state index in [4.69, 9.17) is 9.47 Å². The van der Waals surface area contributed by atoms with Gasteiger partial charge in [-0.25, -0.2) is 19.1 Å². The molecule has 0 bridgehead atoms. The zero-order valence-corrected chi connectivity index (χ0v) is 22.9. The van der Waals surface area contributed by atoms with Gasteiger partial charge in [-0.2, -0.15) is 0 Å². The molecule has 2 aromatic heterocycles. The van der Waals surface area contributed by atoms with E-state index < -0.39 is 23.4 Å².